The van der Waals surface area contributed by atoms with Gasteiger partial charge in [0.1, 0.15) is 11.4 Å². The van der Waals surface area contributed by atoms with Crippen LogP contribution in [0.1, 0.15) is 24.2 Å². The third kappa shape index (κ3) is 4.15. The Morgan fingerprint density at radius 1 is 1.16 bits per heavy atom. The second-order valence-corrected chi connectivity index (χ2v) is 7.49. The average molecular weight is 430 g/mol. The number of rotatable bonds is 7. The van der Waals surface area contributed by atoms with Gasteiger partial charge in [-0.25, -0.2) is 14.6 Å². The maximum Gasteiger partial charge on any atom is 0.203 e. The highest BCUT2D eigenvalue weighted by atomic mass is 16.5. The molecule has 3 aromatic heterocycles. The number of ether oxygens (including phenoxy) is 2. The molecule has 1 aromatic carbocycles. The molecule has 162 valence electrons. The summed E-state index contributed by atoms with van der Waals surface area (Å²) < 4.78 is 14.2. The fourth-order valence-corrected chi connectivity index (χ4v) is 3.46. The second kappa shape index (κ2) is 8.72. The molecule has 0 radical (unpaired) electrons. The van der Waals surface area contributed by atoms with Gasteiger partial charge in [0.15, 0.2) is 11.6 Å². The summed E-state index contributed by atoms with van der Waals surface area (Å²) >= 11 is 0. The number of aromatic nitrogens is 6. The summed E-state index contributed by atoms with van der Waals surface area (Å²) in [5, 5.41) is 8.95. The van der Waals surface area contributed by atoms with E-state index in [0.717, 1.165) is 16.8 Å². The normalized spacial score (nSPS) is 13.7. The van der Waals surface area contributed by atoms with E-state index in [1.807, 2.05) is 42.1 Å². The van der Waals surface area contributed by atoms with E-state index in [0.29, 0.717) is 43.5 Å². The van der Waals surface area contributed by atoms with E-state index in [4.69, 9.17) is 9.47 Å². The van der Waals surface area contributed by atoms with Crippen molar-refractivity contribution >= 4 is 0 Å². The Labute approximate surface area is 184 Å². The van der Waals surface area contributed by atoms with Crippen LogP contribution in [0.3, 0.4) is 0 Å². The van der Waals surface area contributed by atoms with Gasteiger partial charge in [-0.05, 0) is 18.6 Å². The maximum atomic E-state index is 12.5. The van der Waals surface area contributed by atoms with Gasteiger partial charge in [-0.2, -0.15) is 10.2 Å². The van der Waals surface area contributed by atoms with Crippen molar-refractivity contribution in [3.05, 3.63) is 82.8 Å². The Morgan fingerprint density at radius 3 is 2.75 bits per heavy atom. The zero-order valence-corrected chi connectivity index (χ0v) is 17.6. The summed E-state index contributed by atoms with van der Waals surface area (Å²) in [7, 11) is 0. The molecule has 0 spiro atoms. The first-order chi connectivity index (χ1) is 15.7. The standard InChI is InChI=1S/C23H22N6O3/c1-2-32-20-11-24-23(25-12-20)17-5-3-4-16(8-17)9-21-22(30)6-7-28(27-21)18-10-26-29(13-18)19-14-31-15-19/h3-8,10-13,19H,2,9,14-15H2,1H3. The van der Waals surface area contributed by atoms with Crippen LogP contribution in [0.2, 0.25) is 0 Å². The number of hydrogen-bond donors (Lipinski definition) is 0. The minimum absolute atomic E-state index is 0.108. The Kier molecular flexibility index (Phi) is 5.47. The lowest BCUT2D eigenvalue weighted by molar-refractivity contribution is -0.0286. The van der Waals surface area contributed by atoms with E-state index in [2.05, 4.69) is 20.2 Å². The second-order valence-electron chi connectivity index (χ2n) is 7.49. The molecule has 1 aliphatic heterocycles. The van der Waals surface area contributed by atoms with Crippen LogP contribution in [0.15, 0.2) is 66.1 Å². The largest absolute Gasteiger partial charge is 0.491 e. The van der Waals surface area contributed by atoms with E-state index in [1.54, 1.807) is 29.5 Å². The molecule has 0 unspecified atom stereocenters. The lowest BCUT2D eigenvalue weighted by Crippen LogP contribution is -2.30. The maximum absolute atomic E-state index is 12.5. The van der Waals surface area contributed by atoms with Gasteiger partial charge in [0.2, 0.25) is 5.43 Å². The van der Waals surface area contributed by atoms with E-state index < -0.39 is 0 Å². The first-order valence-corrected chi connectivity index (χ1v) is 10.4. The molecule has 1 saturated heterocycles. The van der Waals surface area contributed by atoms with Gasteiger partial charge in [-0.3, -0.25) is 9.48 Å². The van der Waals surface area contributed by atoms with Gasteiger partial charge in [0.25, 0.3) is 0 Å². The Bertz CT molecular complexity index is 1280. The molecular formula is C23H22N6O3. The van der Waals surface area contributed by atoms with Crippen molar-refractivity contribution in [3.63, 3.8) is 0 Å². The van der Waals surface area contributed by atoms with Crippen LogP contribution in [-0.4, -0.2) is 49.3 Å². The minimum Gasteiger partial charge on any atom is -0.491 e. The number of benzene rings is 1. The molecule has 9 heteroatoms. The van der Waals surface area contributed by atoms with E-state index in [9.17, 15) is 4.79 Å². The molecule has 32 heavy (non-hydrogen) atoms. The van der Waals surface area contributed by atoms with Crippen LogP contribution in [0.4, 0.5) is 0 Å². The van der Waals surface area contributed by atoms with Crippen molar-refractivity contribution in [3.8, 4) is 22.8 Å². The Morgan fingerprint density at radius 2 is 2.00 bits per heavy atom. The molecule has 0 N–H and O–H groups in total. The molecule has 1 aliphatic rings. The molecule has 0 atom stereocenters. The van der Waals surface area contributed by atoms with Gasteiger partial charge in [-0.1, -0.05) is 18.2 Å². The predicted molar refractivity (Wildman–Crippen MR) is 117 cm³/mol. The van der Waals surface area contributed by atoms with Crippen LogP contribution in [0, 0.1) is 0 Å². The summed E-state index contributed by atoms with van der Waals surface area (Å²) in [6, 6.07) is 9.60. The van der Waals surface area contributed by atoms with Gasteiger partial charge < -0.3 is 9.47 Å². The van der Waals surface area contributed by atoms with Crippen molar-refractivity contribution < 1.29 is 9.47 Å². The highest BCUT2D eigenvalue weighted by Gasteiger charge is 2.21. The Balaban J connectivity index is 1.38. The van der Waals surface area contributed by atoms with Crippen molar-refractivity contribution in [1.82, 2.24) is 29.5 Å². The van der Waals surface area contributed by atoms with Crippen LogP contribution in [0.25, 0.3) is 17.1 Å². The fourth-order valence-electron chi connectivity index (χ4n) is 3.46. The summed E-state index contributed by atoms with van der Waals surface area (Å²) in [5.74, 6) is 1.23. The van der Waals surface area contributed by atoms with Crippen LogP contribution >= 0.6 is 0 Å². The van der Waals surface area contributed by atoms with Gasteiger partial charge in [0.05, 0.1) is 50.6 Å². The van der Waals surface area contributed by atoms with Crippen molar-refractivity contribution in [2.24, 2.45) is 0 Å². The smallest absolute Gasteiger partial charge is 0.203 e. The lowest BCUT2D eigenvalue weighted by Gasteiger charge is -2.25. The quantitative estimate of drug-likeness (QED) is 0.444. The zero-order valence-electron chi connectivity index (χ0n) is 17.6. The van der Waals surface area contributed by atoms with Gasteiger partial charge >= 0.3 is 0 Å². The Hall–Kier alpha value is -3.85. The number of nitrogens with zero attached hydrogens (tertiary/aromatic N) is 6. The highest BCUT2D eigenvalue weighted by Crippen LogP contribution is 2.20. The van der Waals surface area contributed by atoms with Gasteiger partial charge in [-0.15, -0.1) is 0 Å². The predicted octanol–water partition coefficient (Wildman–Crippen LogP) is 2.45. The van der Waals surface area contributed by atoms with Crippen LogP contribution in [0.5, 0.6) is 5.75 Å². The van der Waals surface area contributed by atoms with Crippen LogP contribution < -0.4 is 10.2 Å². The molecule has 4 heterocycles. The first kappa shape index (κ1) is 20.1. The van der Waals surface area contributed by atoms with E-state index >= 15 is 0 Å². The summed E-state index contributed by atoms with van der Waals surface area (Å²) in [4.78, 5) is 21.2. The molecule has 0 amide bonds. The lowest BCUT2D eigenvalue weighted by atomic mass is 10.1. The van der Waals surface area contributed by atoms with E-state index in [-0.39, 0.29) is 11.5 Å². The molecule has 0 saturated carbocycles. The third-order valence-electron chi connectivity index (χ3n) is 5.22. The summed E-state index contributed by atoms with van der Waals surface area (Å²) in [6.45, 7) is 3.81. The number of hydrogen-bond acceptors (Lipinski definition) is 7. The van der Waals surface area contributed by atoms with Crippen molar-refractivity contribution in [2.45, 2.75) is 19.4 Å². The minimum atomic E-state index is -0.108. The molecule has 0 bridgehead atoms. The highest BCUT2D eigenvalue weighted by molar-refractivity contribution is 5.56. The first-order valence-electron chi connectivity index (χ1n) is 10.4. The van der Waals surface area contributed by atoms with Crippen molar-refractivity contribution in [1.29, 1.82) is 0 Å². The average Bonchev–Trinajstić information content (AvgIpc) is 3.24. The molecule has 1 fully saturated rings. The molecule has 4 aromatic rings. The van der Waals surface area contributed by atoms with Crippen LogP contribution in [-0.2, 0) is 11.2 Å². The third-order valence-corrected chi connectivity index (χ3v) is 5.22. The molecular weight excluding hydrogens is 408 g/mol. The fraction of sp³-hybridized carbons (Fsp3) is 0.261. The van der Waals surface area contributed by atoms with E-state index in [1.165, 1.54) is 6.07 Å². The topological polar surface area (TPSA) is 97.0 Å². The monoisotopic (exact) mass is 430 g/mol. The molecule has 0 aliphatic carbocycles. The SMILES string of the molecule is CCOc1cnc(-c2cccc(Cc3nn(-c4cnn(C5COC5)c4)ccc3=O)c2)nc1. The molecule has 9 nitrogen and oxygen atoms in total. The zero-order chi connectivity index (χ0) is 21.9. The summed E-state index contributed by atoms with van der Waals surface area (Å²) in [5.41, 5.74) is 2.96. The van der Waals surface area contributed by atoms with Crippen molar-refractivity contribution in [2.75, 3.05) is 19.8 Å². The van der Waals surface area contributed by atoms with Gasteiger partial charge in [0, 0.05) is 24.2 Å². The summed E-state index contributed by atoms with van der Waals surface area (Å²) in [6.07, 6.45) is 9.03. The molecule has 5 rings (SSSR count).